The molecule has 1 radical (unpaired) electrons. The molecule has 1 aromatic carbocycles. The number of alkyl halides is 2. The standard InChI is InChI=1S/C15H17Cl2N2/c1-2-3-14(16)15(17)10-12-4-6-13(7-5-12)19-9-8-18-11-19/h4-9,14-15H,2-3,10H2,1H3. The van der Waals surface area contributed by atoms with Crippen LogP contribution in [0, 0.1) is 6.33 Å². The van der Waals surface area contributed by atoms with Crippen molar-refractivity contribution >= 4 is 23.2 Å². The predicted octanol–water partition coefficient (Wildman–Crippen LogP) is 4.23. The molecule has 0 bridgehead atoms. The molecule has 19 heavy (non-hydrogen) atoms. The molecule has 0 fully saturated rings. The molecule has 2 nitrogen and oxygen atoms in total. The van der Waals surface area contributed by atoms with Crippen LogP contribution in [0.3, 0.4) is 0 Å². The molecule has 2 unspecified atom stereocenters. The minimum atomic E-state index is -0.0210. The quantitative estimate of drug-likeness (QED) is 0.729. The molecule has 0 aliphatic carbocycles. The first-order valence-electron chi connectivity index (χ1n) is 6.49. The van der Waals surface area contributed by atoms with E-state index in [-0.39, 0.29) is 10.8 Å². The van der Waals surface area contributed by atoms with Gasteiger partial charge in [0.1, 0.15) is 0 Å². The van der Waals surface area contributed by atoms with Gasteiger partial charge < -0.3 is 0 Å². The van der Waals surface area contributed by atoms with E-state index >= 15 is 0 Å². The second-order valence-corrected chi connectivity index (χ2v) is 5.71. The summed E-state index contributed by atoms with van der Waals surface area (Å²) in [6.45, 7) is 2.12. The molecule has 2 aromatic rings. The topological polar surface area (TPSA) is 17.8 Å². The second kappa shape index (κ2) is 6.97. The first-order valence-corrected chi connectivity index (χ1v) is 7.36. The fraction of sp³-hybridized carbons (Fsp3) is 0.400. The van der Waals surface area contributed by atoms with Gasteiger partial charge in [0.2, 0.25) is 0 Å². The zero-order chi connectivity index (χ0) is 13.7. The van der Waals surface area contributed by atoms with Gasteiger partial charge in [0, 0.05) is 18.1 Å². The third-order valence-corrected chi connectivity index (χ3v) is 4.17. The third kappa shape index (κ3) is 3.99. The second-order valence-electron chi connectivity index (χ2n) is 4.59. The van der Waals surface area contributed by atoms with Crippen LogP contribution in [0.2, 0.25) is 0 Å². The van der Waals surface area contributed by atoms with Crippen LogP contribution >= 0.6 is 23.2 Å². The lowest BCUT2D eigenvalue weighted by Crippen LogP contribution is -2.17. The highest BCUT2D eigenvalue weighted by Crippen LogP contribution is 2.20. The van der Waals surface area contributed by atoms with E-state index in [0.717, 1.165) is 24.9 Å². The molecular weight excluding hydrogens is 279 g/mol. The van der Waals surface area contributed by atoms with E-state index in [1.807, 2.05) is 22.9 Å². The normalized spacial score (nSPS) is 14.3. The number of hydrogen-bond donors (Lipinski definition) is 0. The first-order chi connectivity index (χ1) is 9.20. The van der Waals surface area contributed by atoms with Gasteiger partial charge in [0.25, 0.3) is 0 Å². The molecule has 0 amide bonds. The molecule has 2 rings (SSSR count). The Labute approximate surface area is 124 Å². The average molecular weight is 296 g/mol. The number of hydrogen-bond acceptors (Lipinski definition) is 1. The highest BCUT2D eigenvalue weighted by atomic mass is 35.5. The number of imidazole rings is 1. The summed E-state index contributed by atoms with van der Waals surface area (Å²) in [6.07, 6.45) is 9.27. The third-order valence-electron chi connectivity index (χ3n) is 3.06. The molecule has 0 saturated heterocycles. The lowest BCUT2D eigenvalue weighted by atomic mass is 10.1. The summed E-state index contributed by atoms with van der Waals surface area (Å²) in [7, 11) is 0. The van der Waals surface area contributed by atoms with Crippen LogP contribution < -0.4 is 0 Å². The highest BCUT2D eigenvalue weighted by Gasteiger charge is 2.16. The minimum Gasteiger partial charge on any atom is -0.297 e. The van der Waals surface area contributed by atoms with Gasteiger partial charge in [-0.2, -0.15) is 0 Å². The molecule has 0 spiro atoms. The van der Waals surface area contributed by atoms with Crippen molar-refractivity contribution in [3.63, 3.8) is 0 Å². The van der Waals surface area contributed by atoms with E-state index in [4.69, 9.17) is 23.2 Å². The fourth-order valence-electron chi connectivity index (χ4n) is 1.97. The Morgan fingerprint density at radius 1 is 1.21 bits per heavy atom. The number of rotatable bonds is 6. The molecule has 0 aliphatic heterocycles. The summed E-state index contributed by atoms with van der Waals surface area (Å²) >= 11 is 12.6. The molecule has 1 aromatic heterocycles. The van der Waals surface area contributed by atoms with Gasteiger partial charge >= 0.3 is 0 Å². The van der Waals surface area contributed by atoms with E-state index in [9.17, 15) is 0 Å². The average Bonchev–Trinajstić information content (AvgIpc) is 2.94. The Morgan fingerprint density at radius 3 is 2.53 bits per heavy atom. The minimum absolute atomic E-state index is 0.0210. The number of benzene rings is 1. The smallest absolute Gasteiger partial charge is 0.181 e. The molecular formula is C15H17Cl2N2. The van der Waals surface area contributed by atoms with E-state index in [0.29, 0.717) is 0 Å². The summed E-state index contributed by atoms with van der Waals surface area (Å²) in [5.74, 6) is 0. The zero-order valence-corrected chi connectivity index (χ0v) is 12.4. The van der Waals surface area contributed by atoms with Crippen molar-refractivity contribution in [3.8, 4) is 5.69 Å². The van der Waals surface area contributed by atoms with Crippen molar-refractivity contribution < 1.29 is 0 Å². The van der Waals surface area contributed by atoms with Crippen molar-refractivity contribution in [2.75, 3.05) is 0 Å². The highest BCUT2D eigenvalue weighted by molar-refractivity contribution is 6.30. The molecule has 4 heteroatoms. The lowest BCUT2D eigenvalue weighted by Gasteiger charge is -2.15. The van der Waals surface area contributed by atoms with Gasteiger partial charge in [-0.15, -0.1) is 23.2 Å². The maximum atomic E-state index is 6.33. The van der Waals surface area contributed by atoms with Crippen LogP contribution in [0.4, 0.5) is 0 Å². The van der Waals surface area contributed by atoms with E-state index in [1.54, 1.807) is 6.20 Å². The molecule has 1 heterocycles. The number of aromatic nitrogens is 2. The van der Waals surface area contributed by atoms with Crippen LogP contribution in [-0.2, 0) is 6.42 Å². The Bertz CT molecular complexity index is 479. The van der Waals surface area contributed by atoms with Crippen LogP contribution in [0.15, 0.2) is 36.7 Å². The summed E-state index contributed by atoms with van der Waals surface area (Å²) in [5, 5.41) is 0.0144. The SMILES string of the molecule is CCCC(Cl)C(Cl)Cc1ccc(-n2[c]ncc2)cc1. The number of nitrogens with zero attached hydrogens (tertiary/aromatic N) is 2. The van der Waals surface area contributed by atoms with E-state index in [2.05, 4.69) is 30.4 Å². The lowest BCUT2D eigenvalue weighted by molar-refractivity contribution is 0.683. The Morgan fingerprint density at radius 2 is 1.95 bits per heavy atom. The van der Waals surface area contributed by atoms with Gasteiger partial charge in [-0.3, -0.25) is 4.57 Å². The van der Waals surface area contributed by atoms with Crippen molar-refractivity contribution in [1.29, 1.82) is 0 Å². The molecule has 0 saturated carbocycles. The summed E-state index contributed by atoms with van der Waals surface area (Å²) in [6, 6.07) is 8.24. The number of halogens is 2. The Hall–Kier alpha value is -0.990. The maximum absolute atomic E-state index is 6.33. The van der Waals surface area contributed by atoms with E-state index < -0.39 is 0 Å². The maximum Gasteiger partial charge on any atom is 0.181 e. The molecule has 101 valence electrons. The van der Waals surface area contributed by atoms with Gasteiger partial charge in [-0.05, 0) is 30.5 Å². The molecule has 2 atom stereocenters. The summed E-state index contributed by atoms with van der Waals surface area (Å²) < 4.78 is 1.85. The van der Waals surface area contributed by atoms with Crippen molar-refractivity contribution in [2.24, 2.45) is 0 Å². The van der Waals surface area contributed by atoms with Gasteiger partial charge in [-0.1, -0.05) is 25.5 Å². The van der Waals surface area contributed by atoms with E-state index in [1.165, 1.54) is 5.56 Å². The van der Waals surface area contributed by atoms with Crippen LogP contribution in [0.25, 0.3) is 5.69 Å². The van der Waals surface area contributed by atoms with Gasteiger partial charge in [-0.25, -0.2) is 4.98 Å². The van der Waals surface area contributed by atoms with Crippen molar-refractivity contribution in [1.82, 2.24) is 9.55 Å². The van der Waals surface area contributed by atoms with Gasteiger partial charge in [0.05, 0.1) is 10.8 Å². The van der Waals surface area contributed by atoms with Crippen molar-refractivity contribution in [3.05, 3.63) is 48.5 Å². The van der Waals surface area contributed by atoms with Crippen molar-refractivity contribution in [2.45, 2.75) is 36.9 Å². The summed E-state index contributed by atoms with van der Waals surface area (Å²) in [4.78, 5) is 3.91. The summed E-state index contributed by atoms with van der Waals surface area (Å²) in [5.41, 5.74) is 2.24. The first kappa shape index (κ1) is 14.4. The van der Waals surface area contributed by atoms with Gasteiger partial charge in [0.15, 0.2) is 6.33 Å². The van der Waals surface area contributed by atoms with Crippen LogP contribution in [0.1, 0.15) is 25.3 Å². The largest absolute Gasteiger partial charge is 0.297 e. The molecule has 0 aliphatic rings. The monoisotopic (exact) mass is 295 g/mol. The predicted molar refractivity (Wildman–Crippen MR) is 80.3 cm³/mol. The van der Waals surface area contributed by atoms with Crippen LogP contribution in [0.5, 0.6) is 0 Å². The zero-order valence-electron chi connectivity index (χ0n) is 10.9. The molecule has 0 N–H and O–H groups in total. The fourth-order valence-corrected chi connectivity index (χ4v) is 2.59. The van der Waals surface area contributed by atoms with Crippen LogP contribution in [-0.4, -0.2) is 20.3 Å². The Kier molecular flexibility index (Phi) is 5.29. The Balaban J connectivity index is 1.99.